The predicted octanol–water partition coefficient (Wildman–Crippen LogP) is 0.612. The summed E-state index contributed by atoms with van der Waals surface area (Å²) in [5.74, 6) is 1.13. The second-order valence-corrected chi connectivity index (χ2v) is 5.48. The van der Waals surface area contributed by atoms with E-state index in [4.69, 9.17) is 5.73 Å². The number of hydrogen-bond donors (Lipinski definition) is 1. The fourth-order valence-electron chi connectivity index (χ4n) is 2.77. The Bertz CT molecular complexity index is 450. The van der Waals surface area contributed by atoms with Gasteiger partial charge in [0.05, 0.1) is 5.54 Å². The SMILES string of the molecule is NC1(C(=O)N2CCN(c3ccccn3)CC2)CCC1. The molecule has 1 aromatic heterocycles. The van der Waals surface area contributed by atoms with Gasteiger partial charge in [-0.1, -0.05) is 6.07 Å². The van der Waals surface area contributed by atoms with Gasteiger partial charge in [0.15, 0.2) is 0 Å². The molecule has 0 spiro atoms. The predicted molar refractivity (Wildman–Crippen MR) is 73.8 cm³/mol. The zero-order valence-corrected chi connectivity index (χ0v) is 11.1. The Hall–Kier alpha value is -1.62. The summed E-state index contributed by atoms with van der Waals surface area (Å²) < 4.78 is 0. The molecule has 2 fully saturated rings. The summed E-state index contributed by atoms with van der Waals surface area (Å²) in [5.41, 5.74) is 5.54. The maximum absolute atomic E-state index is 12.3. The molecular formula is C14H20N4O. The fraction of sp³-hybridized carbons (Fsp3) is 0.571. The van der Waals surface area contributed by atoms with Crippen LogP contribution in [0.3, 0.4) is 0 Å². The highest BCUT2D eigenvalue weighted by atomic mass is 16.2. The average molecular weight is 260 g/mol. The minimum absolute atomic E-state index is 0.138. The van der Waals surface area contributed by atoms with Crippen molar-refractivity contribution in [3.05, 3.63) is 24.4 Å². The number of hydrogen-bond acceptors (Lipinski definition) is 4. The number of rotatable bonds is 2. The highest BCUT2D eigenvalue weighted by Gasteiger charge is 2.43. The molecule has 0 aromatic carbocycles. The molecule has 2 heterocycles. The van der Waals surface area contributed by atoms with E-state index >= 15 is 0 Å². The summed E-state index contributed by atoms with van der Waals surface area (Å²) in [7, 11) is 0. The molecule has 0 unspecified atom stereocenters. The second-order valence-electron chi connectivity index (χ2n) is 5.48. The van der Waals surface area contributed by atoms with Gasteiger partial charge in [0.1, 0.15) is 5.82 Å². The molecular weight excluding hydrogens is 240 g/mol. The van der Waals surface area contributed by atoms with Crippen LogP contribution in [0.25, 0.3) is 0 Å². The normalized spacial score (nSPS) is 21.9. The molecule has 5 nitrogen and oxygen atoms in total. The van der Waals surface area contributed by atoms with Crippen molar-refractivity contribution in [2.75, 3.05) is 31.1 Å². The first-order valence-electron chi connectivity index (χ1n) is 6.93. The molecule has 1 saturated heterocycles. The topological polar surface area (TPSA) is 62.5 Å². The highest BCUT2D eigenvalue weighted by Crippen LogP contribution is 2.31. The lowest BCUT2D eigenvalue weighted by Gasteiger charge is -2.43. The quantitative estimate of drug-likeness (QED) is 0.846. The van der Waals surface area contributed by atoms with Gasteiger partial charge in [0, 0.05) is 32.4 Å². The molecule has 0 bridgehead atoms. The third kappa shape index (κ3) is 2.30. The lowest BCUT2D eigenvalue weighted by Crippen LogP contribution is -2.62. The van der Waals surface area contributed by atoms with Crippen LogP contribution in [-0.4, -0.2) is 47.5 Å². The minimum Gasteiger partial charge on any atom is -0.353 e. The standard InChI is InChI=1S/C14H20N4O/c15-14(5-3-6-14)13(19)18-10-8-17(9-11-18)12-4-1-2-7-16-12/h1-2,4,7H,3,5-6,8-11,15H2. The van der Waals surface area contributed by atoms with Crippen molar-refractivity contribution in [3.8, 4) is 0 Å². The molecule has 2 N–H and O–H groups in total. The van der Waals surface area contributed by atoms with Gasteiger partial charge in [0.2, 0.25) is 5.91 Å². The highest BCUT2D eigenvalue weighted by molar-refractivity contribution is 5.87. The molecule has 3 rings (SSSR count). The Balaban J connectivity index is 1.59. The summed E-state index contributed by atoms with van der Waals surface area (Å²) >= 11 is 0. The van der Waals surface area contributed by atoms with Crippen molar-refractivity contribution >= 4 is 11.7 Å². The number of amides is 1. The van der Waals surface area contributed by atoms with Crippen LogP contribution in [0.2, 0.25) is 0 Å². The molecule has 0 atom stereocenters. The van der Waals surface area contributed by atoms with Crippen molar-refractivity contribution < 1.29 is 4.79 Å². The number of nitrogens with two attached hydrogens (primary N) is 1. The molecule has 19 heavy (non-hydrogen) atoms. The van der Waals surface area contributed by atoms with E-state index in [1.807, 2.05) is 23.1 Å². The summed E-state index contributed by atoms with van der Waals surface area (Å²) in [6, 6.07) is 5.91. The van der Waals surface area contributed by atoms with E-state index in [2.05, 4.69) is 9.88 Å². The fourth-order valence-corrected chi connectivity index (χ4v) is 2.77. The van der Waals surface area contributed by atoms with Gasteiger partial charge in [-0.15, -0.1) is 0 Å². The van der Waals surface area contributed by atoms with Gasteiger partial charge in [-0.05, 0) is 31.4 Å². The smallest absolute Gasteiger partial charge is 0.242 e. The van der Waals surface area contributed by atoms with Crippen LogP contribution in [0.4, 0.5) is 5.82 Å². The average Bonchev–Trinajstić information content (AvgIpc) is 2.45. The maximum Gasteiger partial charge on any atom is 0.242 e. The van der Waals surface area contributed by atoms with E-state index in [0.29, 0.717) is 0 Å². The first-order valence-corrected chi connectivity index (χ1v) is 6.93. The third-order valence-corrected chi connectivity index (χ3v) is 4.21. The summed E-state index contributed by atoms with van der Waals surface area (Å²) in [5, 5.41) is 0. The molecule has 2 aliphatic rings. The van der Waals surface area contributed by atoms with E-state index in [-0.39, 0.29) is 5.91 Å². The largest absolute Gasteiger partial charge is 0.353 e. The number of piperazine rings is 1. The lowest BCUT2D eigenvalue weighted by molar-refractivity contribution is -0.140. The number of anilines is 1. The van der Waals surface area contributed by atoms with Gasteiger partial charge in [-0.2, -0.15) is 0 Å². The van der Waals surface area contributed by atoms with Crippen LogP contribution >= 0.6 is 0 Å². The van der Waals surface area contributed by atoms with Crippen molar-refractivity contribution in [3.63, 3.8) is 0 Å². The van der Waals surface area contributed by atoms with Crippen LogP contribution in [-0.2, 0) is 4.79 Å². The van der Waals surface area contributed by atoms with Gasteiger partial charge in [-0.25, -0.2) is 4.98 Å². The molecule has 1 aromatic rings. The van der Waals surface area contributed by atoms with Crippen LogP contribution in [0, 0.1) is 0 Å². The maximum atomic E-state index is 12.3. The van der Waals surface area contributed by atoms with Crippen LogP contribution in [0.15, 0.2) is 24.4 Å². The van der Waals surface area contributed by atoms with Gasteiger partial charge in [0.25, 0.3) is 0 Å². The minimum atomic E-state index is -0.562. The lowest BCUT2D eigenvalue weighted by atomic mass is 9.76. The monoisotopic (exact) mass is 260 g/mol. The third-order valence-electron chi connectivity index (χ3n) is 4.21. The zero-order valence-electron chi connectivity index (χ0n) is 11.1. The van der Waals surface area contributed by atoms with Gasteiger partial charge in [-0.3, -0.25) is 4.79 Å². The van der Waals surface area contributed by atoms with Crippen LogP contribution in [0.5, 0.6) is 0 Å². The van der Waals surface area contributed by atoms with Crippen molar-refractivity contribution in [1.29, 1.82) is 0 Å². The number of nitrogens with zero attached hydrogens (tertiary/aromatic N) is 3. The molecule has 102 valence electrons. The van der Waals surface area contributed by atoms with E-state index in [9.17, 15) is 4.79 Å². The van der Waals surface area contributed by atoms with E-state index in [1.165, 1.54) is 0 Å². The Morgan fingerprint density at radius 2 is 1.95 bits per heavy atom. The van der Waals surface area contributed by atoms with Crippen molar-refractivity contribution in [1.82, 2.24) is 9.88 Å². The molecule has 1 aliphatic heterocycles. The van der Waals surface area contributed by atoms with Crippen molar-refractivity contribution in [2.45, 2.75) is 24.8 Å². The zero-order chi connectivity index (χ0) is 13.3. The summed E-state index contributed by atoms with van der Waals surface area (Å²) in [6.07, 6.45) is 4.56. The Morgan fingerprint density at radius 1 is 1.21 bits per heavy atom. The Labute approximate surface area is 113 Å². The number of aromatic nitrogens is 1. The molecule has 1 saturated carbocycles. The molecule has 0 radical (unpaired) electrons. The first kappa shape index (κ1) is 12.4. The first-order chi connectivity index (χ1) is 9.19. The van der Waals surface area contributed by atoms with Gasteiger partial charge < -0.3 is 15.5 Å². The second kappa shape index (κ2) is 4.81. The van der Waals surface area contributed by atoms with Crippen molar-refractivity contribution in [2.24, 2.45) is 5.73 Å². The van der Waals surface area contributed by atoms with Gasteiger partial charge >= 0.3 is 0 Å². The molecule has 5 heteroatoms. The number of pyridine rings is 1. The van der Waals surface area contributed by atoms with Crippen LogP contribution < -0.4 is 10.6 Å². The molecule has 1 aliphatic carbocycles. The van der Waals surface area contributed by atoms with Crippen LogP contribution in [0.1, 0.15) is 19.3 Å². The number of carbonyl (C=O) groups is 1. The Morgan fingerprint density at radius 3 is 2.47 bits per heavy atom. The summed E-state index contributed by atoms with van der Waals surface area (Å²) in [6.45, 7) is 3.15. The van der Waals surface area contributed by atoms with E-state index in [1.54, 1.807) is 6.20 Å². The Kier molecular flexibility index (Phi) is 3.14. The molecule has 1 amide bonds. The van der Waals surface area contributed by atoms with E-state index < -0.39 is 5.54 Å². The number of carbonyl (C=O) groups excluding carboxylic acids is 1. The van der Waals surface area contributed by atoms with E-state index in [0.717, 1.165) is 51.3 Å². The summed E-state index contributed by atoms with van der Waals surface area (Å²) in [4.78, 5) is 20.8.